The van der Waals surface area contributed by atoms with E-state index in [1.54, 1.807) is 0 Å². The molecule has 4 nitrogen and oxygen atoms in total. The van der Waals surface area contributed by atoms with Crippen molar-refractivity contribution < 1.29 is 4.79 Å². The van der Waals surface area contributed by atoms with Crippen molar-refractivity contribution in [1.82, 2.24) is 9.55 Å². The van der Waals surface area contributed by atoms with Crippen LogP contribution in [0.1, 0.15) is 17.0 Å². The Kier molecular flexibility index (Phi) is 5.26. The number of nitrogens with one attached hydrogen (secondary N) is 1. The van der Waals surface area contributed by atoms with Crippen molar-refractivity contribution in [3.63, 3.8) is 0 Å². The molecule has 0 bridgehead atoms. The number of aromatic nitrogens is 2. The van der Waals surface area contributed by atoms with Gasteiger partial charge in [-0.2, -0.15) is 0 Å². The summed E-state index contributed by atoms with van der Waals surface area (Å²) < 4.78 is 2.94. The molecule has 0 saturated heterocycles. The lowest BCUT2D eigenvalue weighted by Crippen LogP contribution is -2.20. The molecule has 4 aromatic rings. The molecule has 1 amide bonds. The molecule has 0 aliphatic heterocycles. The van der Waals surface area contributed by atoms with Crippen molar-refractivity contribution >= 4 is 38.6 Å². The molecular weight excluding hydrogens is 414 g/mol. The van der Waals surface area contributed by atoms with E-state index in [1.165, 1.54) is 11.1 Å². The predicted octanol–water partition coefficient (Wildman–Crippen LogP) is 5.34. The fraction of sp³-hybridized carbons (Fsp3) is 0.130. The zero-order valence-electron chi connectivity index (χ0n) is 15.5. The quantitative estimate of drug-likeness (QED) is 0.461. The monoisotopic (exact) mass is 433 g/mol. The Morgan fingerprint density at radius 3 is 2.64 bits per heavy atom. The van der Waals surface area contributed by atoms with Crippen molar-refractivity contribution in [1.29, 1.82) is 0 Å². The second-order valence-corrected chi connectivity index (χ2v) is 7.68. The minimum absolute atomic E-state index is 0.0766. The highest BCUT2D eigenvalue weighted by Crippen LogP contribution is 2.21. The molecule has 0 aliphatic carbocycles. The van der Waals surface area contributed by atoms with E-state index in [0.29, 0.717) is 6.42 Å². The lowest BCUT2D eigenvalue weighted by Gasteiger charge is -2.11. The maximum absolute atomic E-state index is 12.7. The Morgan fingerprint density at radius 2 is 1.82 bits per heavy atom. The predicted molar refractivity (Wildman–Crippen MR) is 116 cm³/mol. The first kappa shape index (κ1) is 18.4. The Bertz CT molecular complexity index is 1150. The first-order chi connectivity index (χ1) is 13.6. The molecule has 0 radical (unpaired) electrons. The van der Waals surface area contributed by atoms with E-state index in [-0.39, 0.29) is 12.5 Å². The van der Waals surface area contributed by atoms with Crippen LogP contribution in [0.5, 0.6) is 0 Å². The van der Waals surface area contributed by atoms with Gasteiger partial charge in [-0.3, -0.25) is 4.79 Å². The number of amides is 1. The number of nitrogens with zero attached hydrogens (tertiary/aromatic N) is 2. The molecule has 0 spiro atoms. The molecule has 1 N–H and O–H groups in total. The van der Waals surface area contributed by atoms with Crippen LogP contribution in [0.2, 0.25) is 0 Å². The van der Waals surface area contributed by atoms with Gasteiger partial charge in [-0.1, -0.05) is 58.4 Å². The van der Waals surface area contributed by atoms with Crippen molar-refractivity contribution in [2.75, 3.05) is 5.32 Å². The number of carbonyl (C=O) groups excluding carboxylic acids is 1. The summed E-state index contributed by atoms with van der Waals surface area (Å²) in [6.07, 6.45) is 0.686. The van der Waals surface area contributed by atoms with Gasteiger partial charge in [-0.25, -0.2) is 4.98 Å². The third-order valence-electron chi connectivity index (χ3n) is 4.75. The van der Waals surface area contributed by atoms with E-state index < -0.39 is 0 Å². The van der Waals surface area contributed by atoms with Crippen LogP contribution in [0.15, 0.2) is 77.3 Å². The summed E-state index contributed by atoms with van der Waals surface area (Å²) in [5, 5.41) is 2.97. The summed E-state index contributed by atoms with van der Waals surface area (Å²) in [4.78, 5) is 17.5. The summed E-state index contributed by atoms with van der Waals surface area (Å²) in [5.74, 6) is 0.812. The summed E-state index contributed by atoms with van der Waals surface area (Å²) in [6.45, 7) is 2.32. The summed E-state index contributed by atoms with van der Waals surface area (Å²) in [7, 11) is 0. The van der Waals surface area contributed by atoms with E-state index in [0.717, 1.165) is 27.0 Å². The molecule has 0 atom stereocenters. The number of aryl methyl sites for hydroxylation is 1. The molecule has 0 saturated carbocycles. The second-order valence-electron chi connectivity index (χ2n) is 6.76. The van der Waals surface area contributed by atoms with Crippen molar-refractivity contribution in [2.24, 2.45) is 0 Å². The third kappa shape index (κ3) is 3.99. The van der Waals surface area contributed by atoms with Gasteiger partial charge in [0.1, 0.15) is 12.4 Å². The van der Waals surface area contributed by atoms with Crippen molar-refractivity contribution in [3.05, 3.63) is 94.2 Å². The highest BCUT2D eigenvalue weighted by molar-refractivity contribution is 9.10. The molecule has 0 unspecified atom stereocenters. The maximum atomic E-state index is 12.7. The van der Waals surface area contributed by atoms with Crippen molar-refractivity contribution in [2.45, 2.75) is 19.9 Å². The van der Waals surface area contributed by atoms with Crippen LogP contribution in [0.25, 0.3) is 11.0 Å². The molecule has 28 heavy (non-hydrogen) atoms. The number of hydrogen-bond acceptors (Lipinski definition) is 2. The number of fused-ring (bicyclic) bond motifs is 1. The average Bonchev–Trinajstić information content (AvgIpc) is 3.01. The first-order valence-electron chi connectivity index (χ1n) is 9.14. The Labute approximate surface area is 172 Å². The van der Waals surface area contributed by atoms with Crippen LogP contribution in [-0.2, 0) is 17.8 Å². The minimum atomic E-state index is -0.0766. The second kappa shape index (κ2) is 7.98. The topological polar surface area (TPSA) is 46.9 Å². The smallest absolute Gasteiger partial charge is 0.244 e. The highest BCUT2D eigenvalue weighted by atomic mass is 79.9. The molecule has 140 valence electrons. The number of carbonyl (C=O) groups is 1. The molecule has 1 aromatic heterocycles. The van der Waals surface area contributed by atoms with Crippen LogP contribution in [-0.4, -0.2) is 15.5 Å². The first-order valence-corrected chi connectivity index (χ1v) is 9.93. The molecule has 1 heterocycles. The van der Waals surface area contributed by atoms with Gasteiger partial charge in [-0.05, 0) is 48.4 Å². The molecule has 0 fully saturated rings. The normalized spacial score (nSPS) is 10.9. The fourth-order valence-electron chi connectivity index (χ4n) is 3.33. The van der Waals surface area contributed by atoms with Gasteiger partial charge in [0.2, 0.25) is 5.91 Å². The average molecular weight is 434 g/mol. The number of anilines is 1. The van der Waals surface area contributed by atoms with Gasteiger partial charge in [0.25, 0.3) is 0 Å². The van der Waals surface area contributed by atoms with Crippen LogP contribution >= 0.6 is 15.9 Å². The fourth-order valence-corrected chi connectivity index (χ4v) is 3.73. The van der Waals surface area contributed by atoms with Crippen LogP contribution < -0.4 is 5.32 Å². The van der Waals surface area contributed by atoms with E-state index in [9.17, 15) is 4.79 Å². The van der Waals surface area contributed by atoms with Gasteiger partial charge < -0.3 is 9.88 Å². The zero-order valence-corrected chi connectivity index (χ0v) is 17.1. The standard InChI is InChI=1S/C23H20BrN3O/c1-16-7-2-3-8-17(16)13-22-26-20-11-4-5-12-21(20)27(22)15-23(28)25-19-10-6-9-18(24)14-19/h2-12,14H,13,15H2,1H3,(H,25,28). The lowest BCUT2D eigenvalue weighted by molar-refractivity contribution is -0.116. The Morgan fingerprint density at radius 1 is 1.04 bits per heavy atom. The zero-order chi connectivity index (χ0) is 19.5. The lowest BCUT2D eigenvalue weighted by atomic mass is 10.1. The van der Waals surface area contributed by atoms with Crippen LogP contribution in [0, 0.1) is 6.92 Å². The Hall–Kier alpha value is -2.92. The van der Waals surface area contributed by atoms with Crippen LogP contribution in [0.4, 0.5) is 5.69 Å². The number of hydrogen-bond donors (Lipinski definition) is 1. The Balaban J connectivity index is 1.65. The maximum Gasteiger partial charge on any atom is 0.244 e. The highest BCUT2D eigenvalue weighted by Gasteiger charge is 2.15. The number of benzene rings is 3. The minimum Gasteiger partial charge on any atom is -0.324 e. The van der Waals surface area contributed by atoms with Crippen molar-refractivity contribution in [3.8, 4) is 0 Å². The van der Waals surface area contributed by atoms with Gasteiger partial charge in [0.15, 0.2) is 0 Å². The summed E-state index contributed by atoms with van der Waals surface area (Å²) in [5.41, 5.74) is 5.08. The number of imidazole rings is 1. The van der Waals surface area contributed by atoms with E-state index >= 15 is 0 Å². The third-order valence-corrected chi connectivity index (χ3v) is 5.25. The largest absolute Gasteiger partial charge is 0.324 e. The molecule has 0 aliphatic rings. The van der Waals surface area contributed by atoms with Gasteiger partial charge >= 0.3 is 0 Å². The van der Waals surface area contributed by atoms with E-state index in [4.69, 9.17) is 4.98 Å². The molecule has 5 heteroatoms. The molecule has 4 rings (SSSR count). The number of rotatable bonds is 5. The van der Waals surface area contributed by atoms with Gasteiger partial charge in [0, 0.05) is 16.6 Å². The van der Waals surface area contributed by atoms with E-state index in [1.807, 2.05) is 65.2 Å². The molecule has 3 aromatic carbocycles. The van der Waals surface area contributed by atoms with Gasteiger partial charge in [0.05, 0.1) is 11.0 Å². The van der Waals surface area contributed by atoms with Crippen LogP contribution in [0.3, 0.4) is 0 Å². The summed E-state index contributed by atoms with van der Waals surface area (Å²) in [6, 6.07) is 23.8. The van der Waals surface area contributed by atoms with E-state index in [2.05, 4.69) is 40.3 Å². The number of para-hydroxylation sites is 2. The number of halogens is 1. The summed E-state index contributed by atoms with van der Waals surface area (Å²) >= 11 is 3.43. The van der Waals surface area contributed by atoms with Gasteiger partial charge in [-0.15, -0.1) is 0 Å². The molecular formula is C23H20BrN3O. The SMILES string of the molecule is Cc1ccccc1Cc1nc2ccccc2n1CC(=O)Nc1cccc(Br)c1.